The number of aliphatic hydroxyl groups is 1. The van der Waals surface area contributed by atoms with Crippen LogP contribution in [0, 0.1) is 0 Å². The van der Waals surface area contributed by atoms with Crippen LogP contribution in [0.25, 0.3) is 0 Å². The number of ketones is 1. The molecule has 1 heterocycles. The Bertz CT molecular complexity index is 789. The molecule has 1 saturated heterocycles. The maximum Gasteiger partial charge on any atom is 0.191 e. The fourth-order valence-corrected chi connectivity index (χ4v) is 3.93. The van der Waals surface area contributed by atoms with Crippen molar-refractivity contribution < 1.29 is 19.4 Å². The molecule has 0 bridgehead atoms. The van der Waals surface area contributed by atoms with Crippen molar-refractivity contribution in [2.45, 2.75) is 51.2 Å². The lowest BCUT2D eigenvalue weighted by Gasteiger charge is -2.29. The van der Waals surface area contributed by atoms with Gasteiger partial charge >= 0.3 is 0 Å². The van der Waals surface area contributed by atoms with E-state index in [-0.39, 0.29) is 12.4 Å². The number of nitrogens with zero attached hydrogens (tertiary/aromatic N) is 1. The highest BCUT2D eigenvalue weighted by Crippen LogP contribution is 2.18. The van der Waals surface area contributed by atoms with Gasteiger partial charge in [0.05, 0.1) is 19.3 Å². The normalized spacial score (nSPS) is 16.6. The Morgan fingerprint density at radius 3 is 2.58 bits per heavy atom. The molecule has 5 nitrogen and oxygen atoms in total. The van der Waals surface area contributed by atoms with Crippen LogP contribution < -0.4 is 4.74 Å². The monoisotopic (exact) mass is 425 g/mol. The van der Waals surface area contributed by atoms with E-state index in [1.165, 1.54) is 19.3 Å². The van der Waals surface area contributed by atoms with Crippen molar-refractivity contribution in [3.8, 4) is 5.75 Å². The molecule has 2 aromatic rings. The van der Waals surface area contributed by atoms with Crippen molar-refractivity contribution in [1.29, 1.82) is 0 Å². The quantitative estimate of drug-likeness (QED) is 0.518. The van der Waals surface area contributed by atoms with E-state index in [9.17, 15) is 9.90 Å². The van der Waals surface area contributed by atoms with Crippen molar-refractivity contribution in [1.82, 2.24) is 4.90 Å². The molecule has 1 fully saturated rings. The van der Waals surface area contributed by atoms with Crippen LogP contribution in [0.1, 0.15) is 48.5 Å². The number of hydrogen-bond donors (Lipinski definition) is 1. The Balaban J connectivity index is 1.65. The minimum atomic E-state index is -0.653. The summed E-state index contributed by atoms with van der Waals surface area (Å²) in [5, 5.41) is 10.5. The van der Waals surface area contributed by atoms with Crippen molar-refractivity contribution in [2.75, 3.05) is 32.8 Å². The number of β-amino-alcohol motifs (C(OH)–C–C–N with tert-alkyl or cyclic N) is 1. The van der Waals surface area contributed by atoms with Crippen molar-refractivity contribution in [2.24, 2.45) is 0 Å². The summed E-state index contributed by atoms with van der Waals surface area (Å²) in [6, 6.07) is 17.0. The summed E-state index contributed by atoms with van der Waals surface area (Å²) in [6.07, 6.45) is 3.74. The zero-order valence-electron chi connectivity index (χ0n) is 18.5. The van der Waals surface area contributed by atoms with Gasteiger partial charge in [-0.2, -0.15) is 0 Å². The lowest BCUT2D eigenvalue weighted by Crippen LogP contribution is -2.39. The number of piperidine rings is 1. The molecule has 0 spiro atoms. The molecule has 5 heteroatoms. The average Bonchev–Trinajstić information content (AvgIpc) is 2.81. The van der Waals surface area contributed by atoms with Crippen LogP contribution in [0.2, 0.25) is 0 Å². The van der Waals surface area contributed by atoms with E-state index >= 15 is 0 Å². The minimum Gasteiger partial charge on any atom is -0.494 e. The standard InChI is InChI=1S/C26H35NO4/c1-2-16-30-24-13-9-10-21(17-24)18-25(26(29)22-11-5-3-6-12-22)31-20-23(28)19-27-14-7-4-8-15-27/h3,5-6,9-13,17,23,25,28H,2,4,7-8,14-16,18-20H2,1H3. The molecule has 0 saturated carbocycles. The highest BCUT2D eigenvalue weighted by molar-refractivity contribution is 5.99. The smallest absolute Gasteiger partial charge is 0.191 e. The average molecular weight is 426 g/mol. The predicted molar refractivity (Wildman–Crippen MR) is 123 cm³/mol. The van der Waals surface area contributed by atoms with Gasteiger partial charge in [0.15, 0.2) is 5.78 Å². The zero-order valence-corrected chi connectivity index (χ0v) is 18.5. The summed E-state index contributed by atoms with van der Waals surface area (Å²) in [5.74, 6) is 0.737. The highest BCUT2D eigenvalue weighted by atomic mass is 16.5. The van der Waals surface area contributed by atoms with Crippen molar-refractivity contribution >= 4 is 5.78 Å². The van der Waals surface area contributed by atoms with Gasteiger partial charge in [-0.25, -0.2) is 0 Å². The number of benzene rings is 2. The van der Waals surface area contributed by atoms with Gasteiger partial charge in [-0.05, 0) is 50.0 Å². The second-order valence-electron chi connectivity index (χ2n) is 8.27. The van der Waals surface area contributed by atoms with E-state index in [0.29, 0.717) is 25.1 Å². The summed E-state index contributed by atoms with van der Waals surface area (Å²) in [5.41, 5.74) is 1.60. The number of Topliss-reactive ketones (excluding diaryl/α,β-unsaturated/α-hetero) is 1. The molecular weight excluding hydrogens is 390 g/mol. The number of likely N-dealkylation sites (tertiary alicyclic amines) is 1. The van der Waals surface area contributed by atoms with E-state index in [1.807, 2.05) is 54.6 Å². The Kier molecular flexibility index (Phi) is 9.53. The Hall–Kier alpha value is -2.21. The first-order valence-corrected chi connectivity index (χ1v) is 11.5. The van der Waals surface area contributed by atoms with Crippen LogP contribution in [0.15, 0.2) is 54.6 Å². The molecule has 31 heavy (non-hydrogen) atoms. The van der Waals surface area contributed by atoms with Gasteiger partial charge in [-0.15, -0.1) is 0 Å². The number of carbonyl (C=O) groups is 1. The molecule has 0 amide bonds. The zero-order chi connectivity index (χ0) is 21.9. The van der Waals surface area contributed by atoms with E-state index in [1.54, 1.807) is 0 Å². The van der Waals surface area contributed by atoms with Gasteiger partial charge in [-0.3, -0.25) is 4.79 Å². The van der Waals surface area contributed by atoms with Crippen LogP contribution in [-0.4, -0.2) is 60.8 Å². The summed E-state index contributed by atoms with van der Waals surface area (Å²) < 4.78 is 11.8. The summed E-state index contributed by atoms with van der Waals surface area (Å²) >= 11 is 0. The number of ether oxygens (including phenoxy) is 2. The molecule has 0 radical (unpaired) electrons. The maximum absolute atomic E-state index is 13.2. The predicted octanol–water partition coefficient (Wildman–Crippen LogP) is 4.13. The van der Waals surface area contributed by atoms with Gasteiger partial charge < -0.3 is 19.5 Å². The molecule has 2 unspecified atom stereocenters. The largest absolute Gasteiger partial charge is 0.494 e. The summed E-state index contributed by atoms with van der Waals surface area (Å²) in [4.78, 5) is 15.4. The second kappa shape index (κ2) is 12.6. The summed E-state index contributed by atoms with van der Waals surface area (Å²) in [7, 11) is 0. The molecule has 1 aliphatic heterocycles. The molecule has 1 aliphatic rings. The number of carbonyl (C=O) groups excluding carboxylic acids is 1. The molecule has 3 rings (SSSR count). The van der Waals surface area contributed by atoms with Crippen LogP contribution in [0.3, 0.4) is 0 Å². The van der Waals surface area contributed by atoms with E-state index in [4.69, 9.17) is 9.47 Å². The molecule has 0 aromatic heterocycles. The van der Waals surface area contributed by atoms with Crippen LogP contribution >= 0.6 is 0 Å². The Morgan fingerprint density at radius 2 is 1.84 bits per heavy atom. The second-order valence-corrected chi connectivity index (χ2v) is 8.27. The number of hydrogen-bond acceptors (Lipinski definition) is 5. The molecule has 168 valence electrons. The van der Waals surface area contributed by atoms with Crippen LogP contribution in [0.4, 0.5) is 0 Å². The number of rotatable bonds is 12. The summed E-state index contributed by atoms with van der Waals surface area (Å²) in [6.45, 7) is 5.51. The first kappa shape index (κ1) is 23.5. The van der Waals surface area contributed by atoms with Crippen molar-refractivity contribution in [3.63, 3.8) is 0 Å². The van der Waals surface area contributed by atoms with Crippen molar-refractivity contribution in [3.05, 3.63) is 65.7 Å². The lowest BCUT2D eigenvalue weighted by atomic mass is 9.99. The van der Waals surface area contributed by atoms with Gasteiger partial charge in [0, 0.05) is 18.5 Å². The molecular formula is C26H35NO4. The molecule has 2 atom stereocenters. The number of aliphatic hydroxyl groups excluding tert-OH is 1. The fourth-order valence-electron chi connectivity index (χ4n) is 3.93. The molecule has 2 aromatic carbocycles. The van der Waals surface area contributed by atoms with Gasteiger partial charge in [0.25, 0.3) is 0 Å². The van der Waals surface area contributed by atoms with Gasteiger partial charge in [0.1, 0.15) is 11.9 Å². The first-order chi connectivity index (χ1) is 15.2. The van der Waals surface area contributed by atoms with E-state index in [0.717, 1.165) is 30.8 Å². The fraction of sp³-hybridized carbons (Fsp3) is 0.500. The third-order valence-corrected chi connectivity index (χ3v) is 5.55. The minimum absolute atomic E-state index is 0.0642. The van der Waals surface area contributed by atoms with Gasteiger partial charge in [0.2, 0.25) is 0 Å². The van der Waals surface area contributed by atoms with Crippen LogP contribution in [-0.2, 0) is 11.2 Å². The van der Waals surface area contributed by atoms with E-state index in [2.05, 4.69) is 11.8 Å². The third kappa shape index (κ3) is 7.76. The third-order valence-electron chi connectivity index (χ3n) is 5.55. The Morgan fingerprint density at radius 1 is 1.06 bits per heavy atom. The molecule has 0 aliphatic carbocycles. The van der Waals surface area contributed by atoms with Crippen LogP contribution in [0.5, 0.6) is 5.75 Å². The van der Waals surface area contributed by atoms with E-state index < -0.39 is 12.2 Å². The molecule has 1 N–H and O–H groups in total. The Labute approximate surface area is 186 Å². The van der Waals surface area contributed by atoms with Gasteiger partial charge in [-0.1, -0.05) is 55.8 Å². The lowest BCUT2D eigenvalue weighted by molar-refractivity contribution is -0.0151. The topological polar surface area (TPSA) is 59.0 Å². The SMILES string of the molecule is CCCOc1cccc(CC(OCC(O)CN2CCCCC2)C(=O)c2ccccc2)c1. The highest BCUT2D eigenvalue weighted by Gasteiger charge is 2.23. The first-order valence-electron chi connectivity index (χ1n) is 11.5. The maximum atomic E-state index is 13.2.